The average molecular weight is 688 g/mol. The molecule has 250 valence electrons. The minimum Gasteiger partial charge on any atom is -0.308 e. The number of nitrogens with zero attached hydrogens (tertiary/aromatic N) is 5. The summed E-state index contributed by atoms with van der Waals surface area (Å²) in [5.41, 5.74) is 10.1. The van der Waals surface area contributed by atoms with Gasteiger partial charge in [0.15, 0.2) is 11.6 Å². The molecule has 5 nitrogen and oxygen atoms in total. The number of fused-ring (bicyclic) bond motifs is 11. The molecule has 0 amide bonds. The zero-order chi connectivity index (χ0) is 35.3. The Hall–Kier alpha value is -7.37. The minimum atomic E-state index is 0.591. The molecule has 12 aromatic rings. The van der Waals surface area contributed by atoms with Crippen molar-refractivity contribution < 1.29 is 0 Å². The third-order valence-electron chi connectivity index (χ3n) is 11.1. The molecule has 4 heterocycles. The molecule has 0 atom stereocenters. The molecular weight excluding hydrogens is 659 g/mol. The molecule has 0 aliphatic rings. The molecule has 0 bridgehead atoms. The Morgan fingerprint density at radius 1 is 0.333 bits per heavy atom. The molecule has 0 aliphatic carbocycles. The van der Waals surface area contributed by atoms with Crippen molar-refractivity contribution in [3.05, 3.63) is 176 Å². The van der Waals surface area contributed by atoms with Gasteiger partial charge in [-0.05, 0) is 64.4 Å². The van der Waals surface area contributed by atoms with Crippen molar-refractivity contribution >= 4 is 70.7 Å². The summed E-state index contributed by atoms with van der Waals surface area (Å²) in [4.78, 5) is 15.2. The fraction of sp³-hybridized carbons (Fsp3) is 0. The van der Waals surface area contributed by atoms with E-state index in [2.05, 4.69) is 124 Å². The standard InChI is InChI=1S/C49H29N5/c1-3-13-30(14-4-1)47-50-48(31-15-5-2-6-16-31)52-49(51-47)54-42-22-12-9-19-36(42)38-27-32(23-25-43(38)54)33-24-26-44-40(28-33)45-35-18-8-7-17-34(35)29-39-37-20-10-11-21-41(37)53(44)46(39)45/h1-29H. The van der Waals surface area contributed by atoms with Crippen LogP contribution >= 0.6 is 0 Å². The largest absolute Gasteiger partial charge is 0.308 e. The van der Waals surface area contributed by atoms with Gasteiger partial charge in [-0.2, -0.15) is 9.97 Å². The second kappa shape index (κ2) is 11.1. The molecule has 54 heavy (non-hydrogen) atoms. The van der Waals surface area contributed by atoms with Crippen molar-refractivity contribution in [3.63, 3.8) is 0 Å². The van der Waals surface area contributed by atoms with E-state index in [9.17, 15) is 0 Å². The van der Waals surface area contributed by atoms with Crippen LogP contribution in [0.15, 0.2) is 176 Å². The van der Waals surface area contributed by atoms with Crippen molar-refractivity contribution in [1.82, 2.24) is 23.9 Å². The Bertz CT molecular complexity index is 3370. The van der Waals surface area contributed by atoms with Gasteiger partial charge in [0.25, 0.3) is 0 Å². The summed E-state index contributed by atoms with van der Waals surface area (Å²) in [5.74, 6) is 1.87. The van der Waals surface area contributed by atoms with Gasteiger partial charge in [0.05, 0.1) is 27.6 Å². The van der Waals surface area contributed by atoms with Gasteiger partial charge in [-0.15, -0.1) is 0 Å². The molecule has 0 aliphatic heterocycles. The van der Waals surface area contributed by atoms with Crippen molar-refractivity contribution in [1.29, 1.82) is 0 Å². The zero-order valence-electron chi connectivity index (χ0n) is 29.0. The molecule has 8 aromatic carbocycles. The van der Waals surface area contributed by atoms with Gasteiger partial charge in [0, 0.05) is 43.4 Å². The molecule has 0 fully saturated rings. The van der Waals surface area contributed by atoms with Crippen molar-refractivity contribution in [2.45, 2.75) is 0 Å². The van der Waals surface area contributed by atoms with E-state index in [1.54, 1.807) is 0 Å². The maximum absolute atomic E-state index is 5.11. The van der Waals surface area contributed by atoms with Crippen LogP contribution in [0.5, 0.6) is 0 Å². The lowest BCUT2D eigenvalue weighted by atomic mass is 9.97. The Morgan fingerprint density at radius 3 is 1.56 bits per heavy atom. The second-order valence-electron chi connectivity index (χ2n) is 14.1. The number of benzene rings is 8. The number of hydrogen-bond acceptors (Lipinski definition) is 3. The van der Waals surface area contributed by atoms with E-state index in [-0.39, 0.29) is 0 Å². The highest BCUT2D eigenvalue weighted by Crippen LogP contribution is 2.44. The van der Waals surface area contributed by atoms with Crippen LogP contribution in [0.3, 0.4) is 0 Å². The van der Waals surface area contributed by atoms with Gasteiger partial charge < -0.3 is 4.40 Å². The lowest BCUT2D eigenvalue weighted by molar-refractivity contribution is 0.953. The Labute approximate surface area is 309 Å². The molecule has 4 aromatic heterocycles. The maximum atomic E-state index is 5.11. The van der Waals surface area contributed by atoms with E-state index in [0.717, 1.165) is 38.5 Å². The fourth-order valence-corrected chi connectivity index (χ4v) is 8.69. The van der Waals surface area contributed by atoms with Crippen molar-refractivity contribution in [2.75, 3.05) is 0 Å². The third-order valence-corrected chi connectivity index (χ3v) is 11.1. The Kier molecular flexibility index (Phi) is 5.99. The number of hydrogen-bond donors (Lipinski definition) is 0. The second-order valence-corrected chi connectivity index (χ2v) is 14.1. The van der Waals surface area contributed by atoms with Gasteiger partial charge in [0.2, 0.25) is 5.95 Å². The third kappa shape index (κ3) is 4.12. The predicted octanol–water partition coefficient (Wildman–Crippen LogP) is 12.3. The quantitative estimate of drug-likeness (QED) is 0.185. The first-order valence-electron chi connectivity index (χ1n) is 18.3. The predicted molar refractivity (Wildman–Crippen MR) is 223 cm³/mol. The van der Waals surface area contributed by atoms with Crippen LogP contribution in [0.25, 0.3) is 111 Å². The van der Waals surface area contributed by atoms with E-state index < -0.39 is 0 Å². The van der Waals surface area contributed by atoms with Gasteiger partial charge in [-0.25, -0.2) is 4.98 Å². The SMILES string of the molecule is c1ccc(-c2nc(-c3ccccc3)nc(-n3c4ccccc4c4cc(-c5ccc6c(c5)c5c7ccccc7cc7c8ccccc8n6c75)ccc43)n2)cc1. The first kappa shape index (κ1) is 29.2. The van der Waals surface area contributed by atoms with Crippen LogP contribution in [0.2, 0.25) is 0 Å². The summed E-state index contributed by atoms with van der Waals surface area (Å²) < 4.78 is 4.65. The van der Waals surface area contributed by atoms with Crippen LogP contribution in [-0.2, 0) is 0 Å². The van der Waals surface area contributed by atoms with Crippen LogP contribution < -0.4 is 0 Å². The maximum Gasteiger partial charge on any atom is 0.238 e. The fourth-order valence-electron chi connectivity index (χ4n) is 8.69. The van der Waals surface area contributed by atoms with E-state index >= 15 is 0 Å². The minimum absolute atomic E-state index is 0.591. The Balaban J connectivity index is 1.09. The highest BCUT2D eigenvalue weighted by atomic mass is 15.2. The van der Waals surface area contributed by atoms with Gasteiger partial charge in [-0.3, -0.25) is 4.57 Å². The van der Waals surface area contributed by atoms with E-state index in [0.29, 0.717) is 17.6 Å². The summed E-state index contributed by atoms with van der Waals surface area (Å²) in [6.07, 6.45) is 0. The van der Waals surface area contributed by atoms with Crippen LogP contribution in [0.4, 0.5) is 0 Å². The number of para-hydroxylation sites is 2. The van der Waals surface area contributed by atoms with Crippen LogP contribution in [0, 0.1) is 0 Å². The molecule has 5 heteroatoms. The summed E-state index contributed by atoms with van der Waals surface area (Å²) in [5, 5.41) is 10.0. The van der Waals surface area contributed by atoms with Crippen molar-refractivity contribution in [3.8, 4) is 39.9 Å². The molecule has 0 saturated heterocycles. The zero-order valence-corrected chi connectivity index (χ0v) is 29.0. The number of aromatic nitrogens is 5. The number of rotatable bonds is 4. The van der Waals surface area contributed by atoms with Crippen LogP contribution in [-0.4, -0.2) is 23.9 Å². The summed E-state index contributed by atoms with van der Waals surface area (Å²) in [7, 11) is 0. The summed E-state index contributed by atoms with van der Waals surface area (Å²) in [6.45, 7) is 0. The smallest absolute Gasteiger partial charge is 0.238 e. The topological polar surface area (TPSA) is 48.0 Å². The van der Waals surface area contributed by atoms with E-state index in [1.807, 2.05) is 60.7 Å². The molecular formula is C49H29N5. The lowest BCUT2D eigenvalue weighted by Gasteiger charge is -2.11. The van der Waals surface area contributed by atoms with Gasteiger partial charge >= 0.3 is 0 Å². The van der Waals surface area contributed by atoms with E-state index in [4.69, 9.17) is 15.0 Å². The van der Waals surface area contributed by atoms with Gasteiger partial charge in [-0.1, -0.05) is 133 Å². The van der Waals surface area contributed by atoms with Crippen LogP contribution in [0.1, 0.15) is 0 Å². The molecule has 0 spiro atoms. The normalized spacial score (nSPS) is 12.1. The monoisotopic (exact) mass is 687 g/mol. The lowest BCUT2D eigenvalue weighted by Crippen LogP contribution is -2.06. The molecule has 0 unspecified atom stereocenters. The summed E-state index contributed by atoms with van der Waals surface area (Å²) >= 11 is 0. The molecule has 0 radical (unpaired) electrons. The highest BCUT2D eigenvalue weighted by Gasteiger charge is 2.21. The van der Waals surface area contributed by atoms with E-state index in [1.165, 1.54) is 54.4 Å². The van der Waals surface area contributed by atoms with Crippen molar-refractivity contribution in [2.24, 2.45) is 0 Å². The average Bonchev–Trinajstić information content (AvgIpc) is 3.88. The first-order chi connectivity index (χ1) is 26.8. The molecule has 0 N–H and O–H groups in total. The molecule has 0 saturated carbocycles. The van der Waals surface area contributed by atoms with Gasteiger partial charge in [0.1, 0.15) is 0 Å². The first-order valence-corrected chi connectivity index (χ1v) is 18.3. The molecule has 12 rings (SSSR count). The Morgan fingerprint density at radius 2 is 0.852 bits per heavy atom. The highest BCUT2D eigenvalue weighted by molar-refractivity contribution is 6.31. The summed E-state index contributed by atoms with van der Waals surface area (Å²) in [6, 6.07) is 62.5.